The minimum Gasteiger partial charge on any atom is -0.497 e. The highest BCUT2D eigenvalue weighted by Crippen LogP contribution is 2.28. The molecule has 0 spiro atoms. The molecule has 32 heavy (non-hydrogen) atoms. The summed E-state index contributed by atoms with van der Waals surface area (Å²) in [5.74, 6) is 1.41. The zero-order valence-electron chi connectivity index (χ0n) is 19.3. The molecule has 1 aliphatic rings. The third-order valence-corrected chi connectivity index (χ3v) is 6.70. The number of hydrogen-bond donors (Lipinski definition) is 0. The fourth-order valence-corrected chi connectivity index (χ4v) is 4.74. The second kappa shape index (κ2) is 11.8. The smallest absolute Gasteiger partial charge is 0.118 e. The Balaban J connectivity index is 1.21. The third-order valence-electron chi connectivity index (χ3n) is 6.70. The van der Waals surface area contributed by atoms with Crippen LogP contribution in [0.1, 0.15) is 35.4 Å². The summed E-state index contributed by atoms with van der Waals surface area (Å²) in [6.45, 7) is 7.08. The average Bonchev–Trinajstić information content (AvgIpc) is 2.87. The Morgan fingerprint density at radius 3 is 1.75 bits per heavy atom. The maximum atomic E-state index is 5.25. The van der Waals surface area contributed by atoms with Crippen LogP contribution in [0.4, 0.5) is 0 Å². The molecule has 168 valence electrons. The molecule has 1 aliphatic heterocycles. The molecular weight excluding hydrogens is 392 g/mol. The zero-order valence-corrected chi connectivity index (χ0v) is 19.3. The third kappa shape index (κ3) is 6.44. The quantitative estimate of drug-likeness (QED) is 0.426. The molecule has 0 amide bonds. The van der Waals surface area contributed by atoms with E-state index in [0.717, 1.165) is 18.7 Å². The van der Waals surface area contributed by atoms with Crippen molar-refractivity contribution in [3.63, 3.8) is 0 Å². The number of ether oxygens (including phenoxy) is 1. The lowest BCUT2D eigenvalue weighted by Crippen LogP contribution is -2.47. The molecule has 0 atom stereocenters. The molecule has 3 heteroatoms. The van der Waals surface area contributed by atoms with E-state index in [1.54, 1.807) is 7.11 Å². The molecule has 1 heterocycles. The summed E-state index contributed by atoms with van der Waals surface area (Å²) in [6.07, 6.45) is 3.53. The lowest BCUT2D eigenvalue weighted by atomic mass is 9.88. The minimum absolute atomic E-state index is 0.472. The molecule has 4 rings (SSSR count). The fourth-order valence-electron chi connectivity index (χ4n) is 4.74. The maximum Gasteiger partial charge on any atom is 0.118 e. The predicted molar refractivity (Wildman–Crippen MR) is 134 cm³/mol. The first-order valence-electron chi connectivity index (χ1n) is 12.0. The van der Waals surface area contributed by atoms with E-state index in [0.29, 0.717) is 5.92 Å². The highest BCUT2D eigenvalue weighted by atomic mass is 16.5. The molecule has 1 fully saturated rings. The van der Waals surface area contributed by atoms with Crippen molar-refractivity contribution in [3.8, 4) is 5.75 Å². The predicted octanol–water partition coefficient (Wildman–Crippen LogP) is 5.47. The van der Waals surface area contributed by atoms with Crippen molar-refractivity contribution in [3.05, 3.63) is 102 Å². The van der Waals surface area contributed by atoms with Crippen LogP contribution in [-0.4, -0.2) is 56.2 Å². The van der Waals surface area contributed by atoms with Crippen LogP contribution in [0.15, 0.2) is 84.9 Å². The number of nitrogens with zero attached hydrogens (tertiary/aromatic N) is 2. The van der Waals surface area contributed by atoms with Gasteiger partial charge in [0.2, 0.25) is 0 Å². The SMILES string of the molecule is COc1ccc(CCCN2CCN(CCC(c3ccccc3)c3ccccc3)CC2)cc1. The summed E-state index contributed by atoms with van der Waals surface area (Å²) >= 11 is 0. The zero-order chi connectivity index (χ0) is 22.0. The fraction of sp³-hybridized carbons (Fsp3) is 0.379. The van der Waals surface area contributed by atoms with Crippen molar-refractivity contribution in [2.24, 2.45) is 0 Å². The van der Waals surface area contributed by atoms with Crippen LogP contribution in [0.2, 0.25) is 0 Å². The van der Waals surface area contributed by atoms with Crippen molar-refractivity contribution >= 4 is 0 Å². The van der Waals surface area contributed by atoms with Gasteiger partial charge < -0.3 is 14.5 Å². The highest BCUT2D eigenvalue weighted by Gasteiger charge is 2.19. The molecule has 0 aromatic heterocycles. The lowest BCUT2D eigenvalue weighted by Gasteiger charge is -2.35. The lowest BCUT2D eigenvalue weighted by molar-refractivity contribution is 0.129. The number of methoxy groups -OCH3 is 1. The van der Waals surface area contributed by atoms with Gasteiger partial charge in [0, 0.05) is 32.1 Å². The molecule has 3 aromatic rings. The number of piperazine rings is 1. The summed E-state index contributed by atoms with van der Waals surface area (Å²) in [5.41, 5.74) is 4.25. The molecule has 0 N–H and O–H groups in total. The summed E-state index contributed by atoms with van der Waals surface area (Å²) < 4.78 is 5.25. The van der Waals surface area contributed by atoms with E-state index in [9.17, 15) is 0 Å². The number of aryl methyl sites for hydroxylation is 1. The Kier molecular flexibility index (Phi) is 8.35. The van der Waals surface area contributed by atoms with Gasteiger partial charge in [0.1, 0.15) is 5.75 Å². The van der Waals surface area contributed by atoms with Gasteiger partial charge in [-0.2, -0.15) is 0 Å². The first kappa shape index (κ1) is 22.6. The molecule has 1 saturated heterocycles. The van der Waals surface area contributed by atoms with Crippen molar-refractivity contribution in [2.45, 2.75) is 25.2 Å². The van der Waals surface area contributed by atoms with Gasteiger partial charge in [-0.05, 0) is 61.2 Å². The van der Waals surface area contributed by atoms with E-state index in [1.165, 1.54) is 62.3 Å². The molecule has 0 radical (unpaired) electrons. The monoisotopic (exact) mass is 428 g/mol. The first-order chi connectivity index (χ1) is 15.8. The molecule has 0 unspecified atom stereocenters. The van der Waals surface area contributed by atoms with Gasteiger partial charge in [-0.15, -0.1) is 0 Å². The van der Waals surface area contributed by atoms with Gasteiger partial charge in [-0.25, -0.2) is 0 Å². The summed E-state index contributed by atoms with van der Waals surface area (Å²) in [7, 11) is 1.72. The van der Waals surface area contributed by atoms with Crippen molar-refractivity contribution < 1.29 is 4.74 Å². The molecule has 0 bridgehead atoms. The number of hydrogen-bond acceptors (Lipinski definition) is 3. The van der Waals surface area contributed by atoms with E-state index in [-0.39, 0.29) is 0 Å². The molecule has 3 nitrogen and oxygen atoms in total. The van der Waals surface area contributed by atoms with E-state index in [1.807, 2.05) is 0 Å². The second-order valence-electron chi connectivity index (χ2n) is 8.80. The molecule has 0 saturated carbocycles. The Hall–Kier alpha value is -2.62. The van der Waals surface area contributed by atoms with Crippen LogP contribution in [0, 0.1) is 0 Å². The van der Waals surface area contributed by atoms with Gasteiger partial charge in [0.25, 0.3) is 0 Å². The number of rotatable bonds is 10. The van der Waals surface area contributed by atoms with Gasteiger partial charge in [-0.3, -0.25) is 0 Å². The van der Waals surface area contributed by atoms with E-state index >= 15 is 0 Å². The van der Waals surface area contributed by atoms with Crippen molar-refractivity contribution in [1.29, 1.82) is 0 Å². The summed E-state index contributed by atoms with van der Waals surface area (Å²) in [5, 5.41) is 0. The van der Waals surface area contributed by atoms with Crippen molar-refractivity contribution in [1.82, 2.24) is 9.80 Å². The van der Waals surface area contributed by atoms with Gasteiger partial charge in [0.05, 0.1) is 7.11 Å². The Morgan fingerprint density at radius 1 is 0.688 bits per heavy atom. The van der Waals surface area contributed by atoms with Crippen LogP contribution in [0.3, 0.4) is 0 Å². The second-order valence-corrected chi connectivity index (χ2v) is 8.80. The van der Waals surface area contributed by atoms with E-state index < -0.39 is 0 Å². The molecular formula is C29H36N2O. The molecule has 0 aliphatic carbocycles. The van der Waals surface area contributed by atoms with Crippen molar-refractivity contribution in [2.75, 3.05) is 46.4 Å². The largest absolute Gasteiger partial charge is 0.497 e. The standard InChI is InChI=1S/C29H36N2O/c1-32-28-16-14-25(15-17-28)9-8-19-30-21-23-31(24-22-30)20-18-29(26-10-4-2-5-11-26)27-12-6-3-7-13-27/h2-7,10-17,29H,8-9,18-24H2,1H3. The normalized spacial score (nSPS) is 15.2. The minimum atomic E-state index is 0.472. The first-order valence-corrected chi connectivity index (χ1v) is 12.0. The maximum absolute atomic E-state index is 5.25. The van der Waals surface area contributed by atoms with Gasteiger partial charge in [-0.1, -0.05) is 72.8 Å². The van der Waals surface area contributed by atoms with Crippen LogP contribution in [0.5, 0.6) is 5.75 Å². The topological polar surface area (TPSA) is 15.7 Å². The number of benzene rings is 3. The van der Waals surface area contributed by atoms with Crippen LogP contribution < -0.4 is 4.74 Å². The molecule has 3 aromatic carbocycles. The Morgan fingerprint density at radius 2 is 1.22 bits per heavy atom. The highest BCUT2D eigenvalue weighted by molar-refractivity contribution is 5.32. The average molecular weight is 429 g/mol. The Labute approximate surface area is 193 Å². The van der Waals surface area contributed by atoms with Gasteiger partial charge in [0.15, 0.2) is 0 Å². The van der Waals surface area contributed by atoms with Crippen LogP contribution in [-0.2, 0) is 6.42 Å². The summed E-state index contributed by atoms with van der Waals surface area (Å²) in [4.78, 5) is 5.28. The van der Waals surface area contributed by atoms with Crippen LogP contribution >= 0.6 is 0 Å². The Bertz CT molecular complexity index is 863. The van der Waals surface area contributed by atoms with Crippen LogP contribution in [0.25, 0.3) is 0 Å². The van der Waals surface area contributed by atoms with Gasteiger partial charge >= 0.3 is 0 Å². The van der Waals surface area contributed by atoms with E-state index in [4.69, 9.17) is 4.74 Å². The summed E-state index contributed by atoms with van der Waals surface area (Å²) in [6, 6.07) is 30.5. The van der Waals surface area contributed by atoms with E-state index in [2.05, 4.69) is 94.7 Å².